The van der Waals surface area contributed by atoms with E-state index in [1.807, 2.05) is 0 Å². The molecule has 0 unspecified atom stereocenters. The normalized spacial score (nSPS) is 32.9. The Morgan fingerprint density at radius 1 is 1.04 bits per heavy atom. The van der Waals surface area contributed by atoms with Crippen molar-refractivity contribution in [3.63, 3.8) is 0 Å². The van der Waals surface area contributed by atoms with Gasteiger partial charge in [0.2, 0.25) is 5.88 Å². The Hall–Kier alpha value is -1.07. The Balaban J connectivity index is 1.33. The fourth-order valence-corrected chi connectivity index (χ4v) is 4.99. The van der Waals surface area contributed by atoms with E-state index in [1.54, 1.807) is 0 Å². The molecule has 0 amide bonds. The van der Waals surface area contributed by atoms with Crippen LogP contribution in [0.4, 0.5) is 0 Å². The second kappa shape index (κ2) is 7.67. The zero-order chi connectivity index (χ0) is 17.2. The molecule has 0 aromatic carbocycles. The fraction of sp³-hybridized carbons (Fsp3) is 0.850. The summed E-state index contributed by atoms with van der Waals surface area (Å²) in [4.78, 5) is 2.81. The summed E-state index contributed by atoms with van der Waals surface area (Å²) in [6.07, 6.45) is 12.2. The highest BCUT2D eigenvalue weighted by Crippen LogP contribution is 2.38. The molecule has 3 heterocycles. The maximum absolute atomic E-state index is 5.85. The average molecular weight is 348 g/mol. The van der Waals surface area contributed by atoms with Crippen LogP contribution in [0.25, 0.3) is 0 Å². The third-order valence-corrected chi connectivity index (χ3v) is 6.37. The number of morpholine rings is 1. The van der Waals surface area contributed by atoms with Gasteiger partial charge in [-0.3, -0.25) is 9.58 Å². The van der Waals surface area contributed by atoms with E-state index >= 15 is 0 Å². The van der Waals surface area contributed by atoms with Gasteiger partial charge in [-0.05, 0) is 51.9 Å². The molecule has 3 aliphatic rings. The monoisotopic (exact) mass is 347 g/mol. The van der Waals surface area contributed by atoms with Crippen molar-refractivity contribution in [2.75, 3.05) is 19.8 Å². The molecule has 1 aliphatic carbocycles. The Morgan fingerprint density at radius 2 is 1.68 bits per heavy atom. The lowest BCUT2D eigenvalue weighted by molar-refractivity contribution is -0.0458. The van der Waals surface area contributed by atoms with Crippen molar-refractivity contribution >= 4 is 0 Å². The summed E-state index contributed by atoms with van der Waals surface area (Å²) < 4.78 is 13.8. The maximum atomic E-state index is 5.85. The van der Waals surface area contributed by atoms with Crippen LogP contribution < -0.4 is 4.74 Å². The van der Waals surface area contributed by atoms with Gasteiger partial charge in [-0.2, -0.15) is 0 Å². The van der Waals surface area contributed by atoms with Crippen molar-refractivity contribution < 1.29 is 9.47 Å². The molecule has 3 fully saturated rings. The van der Waals surface area contributed by atoms with Crippen LogP contribution in [0.3, 0.4) is 0 Å². The first-order valence-electron chi connectivity index (χ1n) is 10.3. The summed E-state index contributed by atoms with van der Waals surface area (Å²) in [5.41, 5.74) is 1.17. The van der Waals surface area contributed by atoms with Crippen molar-refractivity contribution in [3.05, 3.63) is 11.8 Å². The van der Waals surface area contributed by atoms with Crippen molar-refractivity contribution in [3.8, 4) is 5.88 Å². The summed E-state index contributed by atoms with van der Waals surface area (Å²) in [5.74, 6) is 0.835. The summed E-state index contributed by atoms with van der Waals surface area (Å²) in [5, 5.41) is 4.75. The van der Waals surface area contributed by atoms with E-state index in [4.69, 9.17) is 14.6 Å². The van der Waals surface area contributed by atoms with Gasteiger partial charge in [-0.25, -0.2) is 0 Å². The highest BCUT2D eigenvalue weighted by molar-refractivity contribution is 5.21. The summed E-state index contributed by atoms with van der Waals surface area (Å²) in [6, 6.07) is 2.67. The predicted octanol–water partition coefficient (Wildman–Crippen LogP) is 3.72. The van der Waals surface area contributed by atoms with E-state index in [1.165, 1.54) is 44.1 Å². The Labute approximate surface area is 151 Å². The molecule has 5 heteroatoms. The van der Waals surface area contributed by atoms with E-state index < -0.39 is 0 Å². The quantitative estimate of drug-likeness (QED) is 0.735. The SMILES string of the molecule is CCCCOc1nn(C2CCC(N3[C@@H]4CC[C@H]3COC4)CC2)cc1C. The van der Waals surface area contributed by atoms with Crippen molar-refractivity contribution in [1.82, 2.24) is 14.7 Å². The number of aromatic nitrogens is 2. The van der Waals surface area contributed by atoms with Gasteiger partial charge in [-0.1, -0.05) is 13.3 Å². The number of aryl methyl sites for hydroxylation is 1. The Kier molecular flexibility index (Phi) is 5.32. The summed E-state index contributed by atoms with van der Waals surface area (Å²) in [6.45, 7) is 6.98. The molecular formula is C20H33N3O2. The molecule has 0 spiro atoms. The molecule has 1 saturated carbocycles. The lowest BCUT2D eigenvalue weighted by Gasteiger charge is -2.43. The van der Waals surface area contributed by atoms with Gasteiger partial charge >= 0.3 is 0 Å². The van der Waals surface area contributed by atoms with Gasteiger partial charge in [0.15, 0.2) is 0 Å². The first kappa shape index (κ1) is 17.3. The van der Waals surface area contributed by atoms with E-state index in [0.29, 0.717) is 18.1 Å². The molecule has 1 aromatic rings. The molecule has 0 radical (unpaired) electrons. The lowest BCUT2D eigenvalue weighted by Crippen LogP contribution is -2.52. The lowest BCUT2D eigenvalue weighted by atomic mass is 9.89. The Bertz CT molecular complexity index is 549. The minimum absolute atomic E-state index is 0.539. The molecule has 4 rings (SSSR count). The summed E-state index contributed by atoms with van der Waals surface area (Å²) in [7, 11) is 0. The highest BCUT2D eigenvalue weighted by Gasteiger charge is 2.42. The van der Waals surface area contributed by atoms with Gasteiger partial charge in [-0.15, -0.1) is 5.10 Å². The zero-order valence-electron chi connectivity index (χ0n) is 15.8. The van der Waals surface area contributed by atoms with Crippen LogP contribution in [0.15, 0.2) is 6.20 Å². The van der Waals surface area contributed by atoms with Gasteiger partial charge in [0.1, 0.15) is 0 Å². The number of fused-ring (bicyclic) bond motifs is 2. The maximum Gasteiger partial charge on any atom is 0.235 e. The number of hydrogen-bond acceptors (Lipinski definition) is 4. The molecule has 2 saturated heterocycles. The third-order valence-electron chi connectivity index (χ3n) is 6.37. The standard InChI is InChI=1S/C20H33N3O2/c1-3-4-11-25-20-15(2)12-22(21-20)16-5-7-17(8-6-16)23-18-9-10-19(23)14-24-13-18/h12,16-19H,3-11,13-14H2,1-2H3/t16?,17?,18-,19+. The highest BCUT2D eigenvalue weighted by atomic mass is 16.5. The molecule has 5 nitrogen and oxygen atoms in total. The molecule has 1 aromatic heterocycles. The van der Waals surface area contributed by atoms with Gasteiger partial charge in [0, 0.05) is 29.9 Å². The Morgan fingerprint density at radius 3 is 2.36 bits per heavy atom. The van der Waals surface area contributed by atoms with Crippen LogP contribution in [0.2, 0.25) is 0 Å². The molecule has 140 valence electrons. The second-order valence-corrected chi connectivity index (χ2v) is 8.13. The van der Waals surface area contributed by atoms with E-state index in [2.05, 4.69) is 29.6 Å². The van der Waals surface area contributed by atoms with Crippen LogP contribution in [-0.4, -0.2) is 52.6 Å². The van der Waals surface area contributed by atoms with Gasteiger partial charge in [0.05, 0.1) is 25.9 Å². The summed E-state index contributed by atoms with van der Waals surface area (Å²) >= 11 is 0. The number of ether oxygens (including phenoxy) is 2. The first-order valence-corrected chi connectivity index (χ1v) is 10.3. The van der Waals surface area contributed by atoms with Crippen LogP contribution in [0.1, 0.15) is 69.9 Å². The van der Waals surface area contributed by atoms with Crippen molar-refractivity contribution in [2.45, 2.75) is 89.4 Å². The topological polar surface area (TPSA) is 39.5 Å². The third kappa shape index (κ3) is 3.59. The fourth-order valence-electron chi connectivity index (χ4n) is 4.99. The predicted molar refractivity (Wildman–Crippen MR) is 98.1 cm³/mol. The molecule has 2 atom stereocenters. The first-order chi connectivity index (χ1) is 12.3. The molecule has 2 aliphatic heterocycles. The smallest absolute Gasteiger partial charge is 0.235 e. The van der Waals surface area contributed by atoms with Crippen LogP contribution in [-0.2, 0) is 4.74 Å². The molecule has 0 N–H and O–H groups in total. The molecular weight excluding hydrogens is 314 g/mol. The molecule has 25 heavy (non-hydrogen) atoms. The minimum atomic E-state index is 0.539. The van der Waals surface area contributed by atoms with E-state index in [-0.39, 0.29) is 0 Å². The second-order valence-electron chi connectivity index (χ2n) is 8.13. The van der Waals surface area contributed by atoms with Gasteiger partial charge < -0.3 is 9.47 Å². The van der Waals surface area contributed by atoms with E-state index in [9.17, 15) is 0 Å². The number of unbranched alkanes of at least 4 members (excludes halogenated alkanes) is 1. The van der Waals surface area contributed by atoms with Crippen molar-refractivity contribution in [2.24, 2.45) is 0 Å². The number of rotatable bonds is 6. The number of hydrogen-bond donors (Lipinski definition) is 0. The minimum Gasteiger partial charge on any atom is -0.476 e. The van der Waals surface area contributed by atoms with Crippen LogP contribution in [0, 0.1) is 6.92 Å². The zero-order valence-corrected chi connectivity index (χ0v) is 15.8. The van der Waals surface area contributed by atoms with Crippen LogP contribution >= 0.6 is 0 Å². The van der Waals surface area contributed by atoms with E-state index in [0.717, 1.165) is 44.6 Å². The molecule has 2 bridgehead atoms. The average Bonchev–Trinajstić information content (AvgIpc) is 3.12. The largest absolute Gasteiger partial charge is 0.476 e. The van der Waals surface area contributed by atoms with Gasteiger partial charge in [0.25, 0.3) is 0 Å². The van der Waals surface area contributed by atoms with Crippen molar-refractivity contribution in [1.29, 1.82) is 0 Å². The number of nitrogens with zero attached hydrogens (tertiary/aromatic N) is 3. The van der Waals surface area contributed by atoms with Crippen LogP contribution in [0.5, 0.6) is 5.88 Å².